The highest BCUT2D eigenvalue weighted by molar-refractivity contribution is 6.37. The second kappa shape index (κ2) is 10.3. The zero-order valence-corrected chi connectivity index (χ0v) is 20.4. The molecular formula is C29H30FN3O3. The van der Waals surface area contributed by atoms with Gasteiger partial charge >= 0.3 is 5.97 Å². The molecule has 0 aromatic heterocycles. The number of aliphatic carboxylic acids is 1. The summed E-state index contributed by atoms with van der Waals surface area (Å²) < 4.78 is 13.8. The molecule has 0 aliphatic carbocycles. The molecule has 0 spiro atoms. The predicted molar refractivity (Wildman–Crippen MR) is 141 cm³/mol. The number of aryl methyl sites for hydroxylation is 1. The van der Waals surface area contributed by atoms with Crippen LogP contribution >= 0.6 is 0 Å². The van der Waals surface area contributed by atoms with E-state index < -0.39 is 17.3 Å². The minimum Gasteiger partial charge on any atom is -0.481 e. The number of hydrogen-bond donors (Lipinski definition) is 4. The molecule has 4 rings (SSSR count). The lowest BCUT2D eigenvalue weighted by molar-refractivity contribution is -0.137. The Bertz CT molecular complexity index is 1330. The summed E-state index contributed by atoms with van der Waals surface area (Å²) in [6, 6.07) is 19.5. The van der Waals surface area contributed by atoms with Crippen molar-refractivity contribution in [2.75, 3.05) is 10.6 Å². The van der Waals surface area contributed by atoms with Crippen molar-refractivity contribution in [2.24, 2.45) is 5.73 Å². The third-order valence-corrected chi connectivity index (χ3v) is 6.81. The first-order chi connectivity index (χ1) is 17.2. The number of halogens is 1. The number of carbonyl (C=O) groups is 2. The summed E-state index contributed by atoms with van der Waals surface area (Å²) >= 11 is 0. The van der Waals surface area contributed by atoms with Gasteiger partial charge in [-0.05, 0) is 72.4 Å². The maximum Gasteiger partial charge on any atom is 0.303 e. The Balaban J connectivity index is 1.80. The van der Waals surface area contributed by atoms with Crippen molar-refractivity contribution in [3.05, 3.63) is 94.8 Å². The zero-order valence-electron chi connectivity index (χ0n) is 20.4. The fourth-order valence-electron chi connectivity index (χ4n) is 4.49. The van der Waals surface area contributed by atoms with Crippen LogP contribution in [0.3, 0.4) is 0 Å². The molecule has 1 aliphatic heterocycles. The minimum absolute atomic E-state index is 0.00252. The highest BCUT2D eigenvalue weighted by Gasteiger charge is 2.29. The molecule has 0 saturated heterocycles. The van der Waals surface area contributed by atoms with Crippen molar-refractivity contribution in [1.82, 2.24) is 0 Å². The van der Waals surface area contributed by atoms with Crippen LogP contribution in [-0.2, 0) is 21.5 Å². The van der Waals surface area contributed by atoms with Gasteiger partial charge in [0.1, 0.15) is 5.82 Å². The van der Waals surface area contributed by atoms with Crippen LogP contribution in [0.2, 0.25) is 0 Å². The molecule has 0 bridgehead atoms. The third-order valence-electron chi connectivity index (χ3n) is 6.81. The highest BCUT2D eigenvalue weighted by Crippen LogP contribution is 2.38. The lowest BCUT2D eigenvalue weighted by atomic mass is 9.86. The van der Waals surface area contributed by atoms with E-state index in [1.165, 1.54) is 12.1 Å². The first kappa shape index (κ1) is 25.1. The summed E-state index contributed by atoms with van der Waals surface area (Å²) in [5, 5.41) is 15.2. The first-order valence-electron chi connectivity index (χ1n) is 12.1. The maximum atomic E-state index is 13.8. The fourth-order valence-corrected chi connectivity index (χ4v) is 4.49. The van der Waals surface area contributed by atoms with Gasteiger partial charge < -0.3 is 21.5 Å². The number of carbonyl (C=O) groups excluding carboxylic acids is 1. The fraction of sp³-hybridized carbons (Fsp3) is 0.241. The summed E-state index contributed by atoms with van der Waals surface area (Å²) in [6.07, 6.45) is 1.98. The van der Waals surface area contributed by atoms with Crippen LogP contribution in [0.25, 0.3) is 11.3 Å². The average molecular weight is 488 g/mol. The molecule has 3 aromatic rings. The van der Waals surface area contributed by atoms with Crippen LogP contribution in [0.1, 0.15) is 55.4 Å². The van der Waals surface area contributed by atoms with Gasteiger partial charge in [-0.2, -0.15) is 0 Å². The van der Waals surface area contributed by atoms with Gasteiger partial charge in [-0.25, -0.2) is 4.39 Å². The summed E-state index contributed by atoms with van der Waals surface area (Å²) in [5.74, 6) is -1.66. The Hall–Kier alpha value is -3.97. The Morgan fingerprint density at radius 3 is 2.44 bits per heavy atom. The van der Waals surface area contributed by atoms with Gasteiger partial charge in [-0.1, -0.05) is 44.2 Å². The Kier molecular flexibility index (Phi) is 7.22. The Morgan fingerprint density at radius 1 is 1.06 bits per heavy atom. The molecule has 1 heterocycles. The number of amides is 1. The van der Waals surface area contributed by atoms with Crippen LogP contribution in [0, 0.1) is 5.82 Å². The average Bonchev–Trinajstić information content (AvgIpc) is 3.20. The molecule has 5 N–H and O–H groups in total. The number of rotatable bonds is 9. The highest BCUT2D eigenvalue weighted by atomic mass is 19.1. The van der Waals surface area contributed by atoms with E-state index in [0.29, 0.717) is 28.9 Å². The second-order valence-corrected chi connectivity index (χ2v) is 9.05. The van der Waals surface area contributed by atoms with Crippen LogP contribution in [0.4, 0.5) is 15.8 Å². The van der Waals surface area contributed by atoms with Crippen molar-refractivity contribution in [3.63, 3.8) is 0 Å². The number of nitrogens with one attached hydrogen (secondary N) is 2. The van der Waals surface area contributed by atoms with Crippen molar-refractivity contribution in [3.8, 4) is 0 Å². The van der Waals surface area contributed by atoms with Gasteiger partial charge in [0, 0.05) is 23.2 Å². The number of nitrogens with two attached hydrogens (primary N) is 1. The number of anilines is 2. The monoisotopic (exact) mass is 487 g/mol. The van der Waals surface area contributed by atoms with E-state index in [9.17, 15) is 14.0 Å². The molecule has 1 amide bonds. The molecule has 186 valence electrons. The number of carboxylic acids is 1. The van der Waals surface area contributed by atoms with E-state index in [-0.39, 0.29) is 12.3 Å². The van der Waals surface area contributed by atoms with Crippen molar-refractivity contribution >= 4 is 34.5 Å². The van der Waals surface area contributed by atoms with Crippen LogP contribution in [0.5, 0.6) is 0 Å². The predicted octanol–water partition coefficient (Wildman–Crippen LogP) is 5.75. The molecule has 36 heavy (non-hydrogen) atoms. The zero-order chi connectivity index (χ0) is 25.9. The molecule has 0 unspecified atom stereocenters. The van der Waals surface area contributed by atoms with Crippen LogP contribution in [0.15, 0.2) is 66.7 Å². The third kappa shape index (κ3) is 5.16. The lowest BCUT2D eigenvalue weighted by Gasteiger charge is -2.27. The van der Waals surface area contributed by atoms with Gasteiger partial charge in [-0.3, -0.25) is 9.59 Å². The maximum absolute atomic E-state index is 13.8. The number of hydrogen-bond acceptors (Lipinski definition) is 4. The van der Waals surface area contributed by atoms with E-state index >= 15 is 0 Å². The Morgan fingerprint density at radius 2 is 1.78 bits per heavy atom. The standard InChI is InChI=1S/C29H30FN3O3/c1-3-29(31,4-2)20-9-12-22(13-10-20)32-27(19-7-5-6-18(16-19)8-15-25(34)35)26-23-14-11-21(30)17-24(23)33-28(26)36/h5-7,9-14,16-17,32H,3-4,8,15,31H2,1-2H3,(H,33,36)(H,34,35)/b27-26-. The van der Waals surface area contributed by atoms with E-state index in [2.05, 4.69) is 24.5 Å². The second-order valence-electron chi connectivity index (χ2n) is 9.05. The molecule has 0 saturated carbocycles. The van der Waals surface area contributed by atoms with Crippen molar-refractivity contribution < 1.29 is 19.1 Å². The largest absolute Gasteiger partial charge is 0.481 e. The van der Waals surface area contributed by atoms with E-state index in [1.54, 1.807) is 6.07 Å². The van der Waals surface area contributed by atoms with Gasteiger partial charge in [-0.15, -0.1) is 0 Å². The minimum atomic E-state index is -0.876. The number of fused-ring (bicyclic) bond motifs is 1. The van der Waals surface area contributed by atoms with E-state index in [0.717, 1.165) is 35.2 Å². The SMILES string of the molecule is CCC(N)(CC)c1ccc(N/C(=C2\C(=O)Nc3cc(F)ccc32)c2cccc(CCC(=O)O)c2)cc1. The molecule has 1 aliphatic rings. The summed E-state index contributed by atoms with van der Waals surface area (Å²) in [5.41, 5.74) is 11.4. The summed E-state index contributed by atoms with van der Waals surface area (Å²) in [7, 11) is 0. The summed E-state index contributed by atoms with van der Waals surface area (Å²) in [6.45, 7) is 4.13. The quantitative estimate of drug-likeness (QED) is 0.288. The number of benzene rings is 3. The molecule has 0 fully saturated rings. The molecule has 0 radical (unpaired) electrons. The Labute approximate surface area is 210 Å². The summed E-state index contributed by atoms with van der Waals surface area (Å²) in [4.78, 5) is 24.2. The molecule has 6 nitrogen and oxygen atoms in total. The normalized spacial score (nSPS) is 14.3. The van der Waals surface area contributed by atoms with Crippen molar-refractivity contribution in [1.29, 1.82) is 0 Å². The van der Waals surface area contributed by atoms with Crippen LogP contribution in [-0.4, -0.2) is 17.0 Å². The van der Waals surface area contributed by atoms with Crippen molar-refractivity contribution in [2.45, 2.75) is 45.1 Å². The van der Waals surface area contributed by atoms with Gasteiger partial charge in [0.25, 0.3) is 5.91 Å². The topological polar surface area (TPSA) is 104 Å². The van der Waals surface area contributed by atoms with Gasteiger partial charge in [0.2, 0.25) is 0 Å². The first-order valence-corrected chi connectivity index (χ1v) is 12.1. The smallest absolute Gasteiger partial charge is 0.303 e. The van der Waals surface area contributed by atoms with E-state index in [4.69, 9.17) is 10.8 Å². The lowest BCUT2D eigenvalue weighted by Crippen LogP contribution is -2.34. The molecule has 0 atom stereocenters. The van der Waals surface area contributed by atoms with E-state index in [1.807, 2.05) is 48.5 Å². The molecular weight excluding hydrogens is 457 g/mol. The number of carboxylic acid groups (broad SMARTS) is 1. The van der Waals surface area contributed by atoms with Gasteiger partial charge in [0.15, 0.2) is 0 Å². The molecule has 7 heteroatoms. The molecule has 3 aromatic carbocycles. The van der Waals surface area contributed by atoms with Gasteiger partial charge in [0.05, 0.1) is 17.0 Å². The van der Waals surface area contributed by atoms with Crippen LogP contribution < -0.4 is 16.4 Å².